The molecule has 7 nitrogen and oxygen atoms in total. The first-order chi connectivity index (χ1) is 19.4. The normalized spacial score (nSPS) is 14.4. The molecule has 1 aliphatic rings. The summed E-state index contributed by atoms with van der Waals surface area (Å²) in [5.41, 5.74) is 3.31. The molecule has 0 unspecified atom stereocenters. The number of amides is 3. The van der Waals surface area contributed by atoms with Crippen LogP contribution in [0.2, 0.25) is 0 Å². The monoisotopic (exact) mass is 556 g/mol. The van der Waals surface area contributed by atoms with Gasteiger partial charge in [-0.15, -0.1) is 0 Å². The number of halogens is 2. The molecule has 1 fully saturated rings. The molecule has 1 aliphatic heterocycles. The smallest absolute Gasteiger partial charge is 0.293 e. The molecule has 0 spiro atoms. The first-order valence-corrected chi connectivity index (χ1v) is 13.1. The predicted octanol–water partition coefficient (Wildman–Crippen LogP) is 5.68. The molecule has 0 bridgehead atoms. The maximum absolute atomic E-state index is 13.5. The second-order valence-corrected chi connectivity index (χ2v) is 9.72. The van der Waals surface area contributed by atoms with Crippen molar-refractivity contribution in [2.75, 3.05) is 13.1 Å². The van der Waals surface area contributed by atoms with E-state index in [2.05, 4.69) is 10.4 Å². The molecule has 1 N–H and O–H groups in total. The standard InChI is InChI=1S/C30H22F2N4O3S/c31-23-11-6-20(7-12-23)18-26-29(38)35(30(39)40-26)17-16-33-27(37)15-10-22-19-36(25-4-2-1-3-5-25)34-28(22)21-8-13-24(32)14-9-21/h1-15,18-19H,16-17H2,(H,33,37)/b15-10+,26-18+. The minimum absolute atomic E-state index is 0.00221. The average Bonchev–Trinajstić information content (AvgIpc) is 3.50. The van der Waals surface area contributed by atoms with Crippen LogP contribution < -0.4 is 5.32 Å². The van der Waals surface area contributed by atoms with Crippen LogP contribution in [0.4, 0.5) is 13.6 Å². The Morgan fingerprint density at radius 1 is 0.925 bits per heavy atom. The van der Waals surface area contributed by atoms with E-state index in [0.29, 0.717) is 22.4 Å². The van der Waals surface area contributed by atoms with E-state index in [4.69, 9.17) is 0 Å². The van der Waals surface area contributed by atoms with Gasteiger partial charge in [-0.1, -0.05) is 30.3 Å². The van der Waals surface area contributed by atoms with Crippen LogP contribution in [0.5, 0.6) is 0 Å². The van der Waals surface area contributed by atoms with E-state index in [1.54, 1.807) is 29.1 Å². The zero-order chi connectivity index (χ0) is 28.1. The summed E-state index contributed by atoms with van der Waals surface area (Å²) >= 11 is 0.793. The van der Waals surface area contributed by atoms with Crippen molar-refractivity contribution in [2.45, 2.75) is 0 Å². The zero-order valence-corrected chi connectivity index (χ0v) is 21.8. The molecule has 0 saturated carbocycles. The van der Waals surface area contributed by atoms with Crippen LogP contribution in [-0.4, -0.2) is 44.8 Å². The van der Waals surface area contributed by atoms with Crippen molar-refractivity contribution in [1.29, 1.82) is 0 Å². The molecule has 40 heavy (non-hydrogen) atoms. The third-order valence-corrected chi connectivity index (χ3v) is 6.88. The van der Waals surface area contributed by atoms with E-state index in [-0.39, 0.29) is 23.8 Å². The highest BCUT2D eigenvalue weighted by Crippen LogP contribution is 2.32. The quantitative estimate of drug-likeness (QED) is 0.282. The van der Waals surface area contributed by atoms with E-state index < -0.39 is 22.9 Å². The summed E-state index contributed by atoms with van der Waals surface area (Å²) in [5, 5.41) is 6.87. The van der Waals surface area contributed by atoms with Crippen molar-refractivity contribution in [3.05, 3.63) is 119 Å². The Kier molecular flexibility index (Phi) is 7.97. The largest absolute Gasteiger partial charge is 0.351 e. The summed E-state index contributed by atoms with van der Waals surface area (Å²) in [5.74, 6) is -1.66. The van der Waals surface area contributed by atoms with Crippen LogP contribution in [0.1, 0.15) is 11.1 Å². The molecule has 1 saturated heterocycles. The topological polar surface area (TPSA) is 84.3 Å². The van der Waals surface area contributed by atoms with Gasteiger partial charge in [-0.3, -0.25) is 19.3 Å². The van der Waals surface area contributed by atoms with Gasteiger partial charge < -0.3 is 5.32 Å². The Balaban J connectivity index is 1.24. The highest BCUT2D eigenvalue weighted by molar-refractivity contribution is 8.18. The van der Waals surface area contributed by atoms with Gasteiger partial charge in [-0.25, -0.2) is 13.5 Å². The minimum Gasteiger partial charge on any atom is -0.351 e. The number of thioether (sulfide) groups is 1. The number of para-hydroxylation sites is 1. The lowest BCUT2D eigenvalue weighted by molar-refractivity contribution is -0.123. The fraction of sp³-hybridized carbons (Fsp3) is 0.0667. The van der Waals surface area contributed by atoms with Crippen molar-refractivity contribution in [2.24, 2.45) is 0 Å². The van der Waals surface area contributed by atoms with Crippen molar-refractivity contribution in [1.82, 2.24) is 20.0 Å². The third kappa shape index (κ3) is 6.24. The van der Waals surface area contributed by atoms with Gasteiger partial charge in [-0.05, 0) is 78.0 Å². The Hall–Kier alpha value is -4.83. The summed E-state index contributed by atoms with van der Waals surface area (Å²) in [4.78, 5) is 38.8. The number of rotatable bonds is 8. The van der Waals surface area contributed by atoms with Gasteiger partial charge in [0.05, 0.1) is 16.3 Å². The minimum atomic E-state index is -0.471. The van der Waals surface area contributed by atoms with Gasteiger partial charge in [0.15, 0.2) is 0 Å². The molecule has 3 amide bonds. The zero-order valence-electron chi connectivity index (χ0n) is 21.0. The fourth-order valence-corrected chi connectivity index (χ4v) is 4.84. The van der Waals surface area contributed by atoms with Crippen LogP contribution >= 0.6 is 11.8 Å². The molecule has 3 aromatic carbocycles. The average molecular weight is 557 g/mol. The number of hydrogen-bond acceptors (Lipinski definition) is 5. The van der Waals surface area contributed by atoms with Crippen molar-refractivity contribution >= 4 is 41.0 Å². The Morgan fingerprint density at radius 2 is 1.60 bits per heavy atom. The number of aromatic nitrogens is 2. The molecular weight excluding hydrogens is 534 g/mol. The van der Waals surface area contributed by atoms with Crippen molar-refractivity contribution in [3.8, 4) is 16.9 Å². The SMILES string of the molecule is O=C(/C=C/c1cn(-c2ccccc2)nc1-c1ccc(F)cc1)NCCN1C(=O)S/C(=C/c2ccc(F)cc2)C1=O. The fourth-order valence-electron chi connectivity index (χ4n) is 3.97. The number of hydrogen-bond donors (Lipinski definition) is 1. The van der Waals surface area contributed by atoms with E-state index >= 15 is 0 Å². The van der Waals surface area contributed by atoms with E-state index in [9.17, 15) is 23.2 Å². The van der Waals surface area contributed by atoms with E-state index in [1.807, 2.05) is 30.3 Å². The van der Waals surface area contributed by atoms with Gasteiger partial charge in [0, 0.05) is 36.5 Å². The molecule has 2 heterocycles. The highest BCUT2D eigenvalue weighted by Gasteiger charge is 2.34. The number of benzene rings is 3. The van der Waals surface area contributed by atoms with Gasteiger partial charge in [-0.2, -0.15) is 5.10 Å². The lowest BCUT2D eigenvalue weighted by Gasteiger charge is -2.12. The Morgan fingerprint density at radius 3 is 2.30 bits per heavy atom. The molecule has 10 heteroatoms. The van der Waals surface area contributed by atoms with Crippen LogP contribution in [0.25, 0.3) is 29.1 Å². The Labute approximate surface area is 232 Å². The second kappa shape index (κ2) is 11.9. The number of carbonyl (C=O) groups is 3. The molecular formula is C30H22F2N4O3S. The molecule has 4 aromatic rings. The van der Waals surface area contributed by atoms with Gasteiger partial charge in [0.25, 0.3) is 11.1 Å². The number of nitrogens with zero attached hydrogens (tertiary/aromatic N) is 3. The number of imide groups is 1. The van der Waals surface area contributed by atoms with Gasteiger partial charge >= 0.3 is 0 Å². The van der Waals surface area contributed by atoms with E-state index in [0.717, 1.165) is 22.3 Å². The summed E-state index contributed by atoms with van der Waals surface area (Å²) in [7, 11) is 0. The van der Waals surface area contributed by atoms with Crippen molar-refractivity contribution < 1.29 is 23.2 Å². The molecule has 0 aliphatic carbocycles. The summed E-state index contributed by atoms with van der Waals surface area (Å²) in [6, 6.07) is 20.9. The first kappa shape index (κ1) is 26.8. The lowest BCUT2D eigenvalue weighted by Crippen LogP contribution is -2.36. The predicted molar refractivity (Wildman–Crippen MR) is 150 cm³/mol. The van der Waals surface area contributed by atoms with Crippen LogP contribution in [-0.2, 0) is 9.59 Å². The van der Waals surface area contributed by atoms with Crippen LogP contribution in [0, 0.1) is 11.6 Å². The highest BCUT2D eigenvalue weighted by atomic mass is 32.2. The van der Waals surface area contributed by atoms with Crippen LogP contribution in [0.15, 0.2) is 96.0 Å². The van der Waals surface area contributed by atoms with Crippen molar-refractivity contribution in [3.63, 3.8) is 0 Å². The third-order valence-electron chi connectivity index (χ3n) is 5.97. The summed E-state index contributed by atoms with van der Waals surface area (Å²) in [6.07, 6.45) is 6.24. The van der Waals surface area contributed by atoms with Crippen LogP contribution in [0.3, 0.4) is 0 Å². The first-order valence-electron chi connectivity index (χ1n) is 12.3. The number of carbonyl (C=O) groups excluding carboxylic acids is 3. The summed E-state index contributed by atoms with van der Waals surface area (Å²) < 4.78 is 28.3. The number of nitrogens with one attached hydrogen (secondary N) is 1. The maximum atomic E-state index is 13.5. The molecule has 200 valence electrons. The molecule has 1 aromatic heterocycles. The molecule has 0 radical (unpaired) electrons. The van der Waals surface area contributed by atoms with E-state index in [1.165, 1.54) is 48.6 Å². The lowest BCUT2D eigenvalue weighted by atomic mass is 10.1. The summed E-state index contributed by atoms with van der Waals surface area (Å²) in [6.45, 7) is 0.0525. The van der Waals surface area contributed by atoms with Gasteiger partial charge in [0.1, 0.15) is 11.6 Å². The maximum Gasteiger partial charge on any atom is 0.293 e. The second-order valence-electron chi connectivity index (χ2n) is 8.73. The Bertz CT molecular complexity index is 1620. The van der Waals surface area contributed by atoms with Gasteiger partial charge in [0.2, 0.25) is 5.91 Å². The molecule has 5 rings (SSSR count). The molecule has 0 atom stereocenters.